The van der Waals surface area contributed by atoms with Crippen LogP contribution < -0.4 is 4.90 Å². The van der Waals surface area contributed by atoms with Crippen molar-refractivity contribution in [3.63, 3.8) is 0 Å². The van der Waals surface area contributed by atoms with E-state index in [9.17, 15) is 4.79 Å². The summed E-state index contributed by atoms with van der Waals surface area (Å²) >= 11 is 6.27. The molecule has 1 aromatic heterocycles. The average molecular weight is 464 g/mol. The van der Waals surface area contributed by atoms with E-state index < -0.39 is 0 Å². The van der Waals surface area contributed by atoms with Crippen molar-refractivity contribution in [3.8, 4) is 11.4 Å². The zero-order chi connectivity index (χ0) is 23.4. The monoisotopic (exact) mass is 463 g/mol. The van der Waals surface area contributed by atoms with Crippen LogP contribution in [0.4, 0.5) is 10.6 Å². The van der Waals surface area contributed by atoms with Gasteiger partial charge < -0.3 is 14.7 Å². The first kappa shape index (κ1) is 23.1. The molecule has 2 heterocycles. The highest BCUT2D eigenvalue weighted by Gasteiger charge is 2.26. The summed E-state index contributed by atoms with van der Waals surface area (Å²) < 4.78 is 0. The third kappa shape index (κ3) is 5.28. The predicted octanol–water partition coefficient (Wildman–Crippen LogP) is 4.75. The van der Waals surface area contributed by atoms with Crippen LogP contribution in [0.15, 0.2) is 54.6 Å². The molecule has 4 rings (SSSR count). The number of rotatable bonds is 5. The van der Waals surface area contributed by atoms with E-state index in [4.69, 9.17) is 21.6 Å². The molecule has 0 radical (unpaired) electrons. The highest BCUT2D eigenvalue weighted by molar-refractivity contribution is 6.30. The van der Waals surface area contributed by atoms with Crippen molar-refractivity contribution in [2.45, 2.75) is 19.8 Å². The Kier molecular flexibility index (Phi) is 7.14. The quantitative estimate of drug-likeness (QED) is 0.547. The molecule has 1 aliphatic rings. The van der Waals surface area contributed by atoms with Gasteiger partial charge in [-0.3, -0.25) is 0 Å². The number of piperazine rings is 1. The molecule has 2 amide bonds. The molecular weight excluding hydrogens is 434 g/mol. The number of carbonyl (C=O) groups excluding carboxylic acids is 1. The van der Waals surface area contributed by atoms with Crippen LogP contribution in [-0.4, -0.2) is 66.1 Å². The number of benzene rings is 2. The van der Waals surface area contributed by atoms with Crippen LogP contribution in [0.25, 0.3) is 11.4 Å². The molecule has 0 saturated carbocycles. The molecule has 0 N–H and O–H groups in total. The maximum atomic E-state index is 12.4. The van der Waals surface area contributed by atoms with Gasteiger partial charge in [-0.05, 0) is 24.1 Å². The fourth-order valence-corrected chi connectivity index (χ4v) is 4.42. The Balaban J connectivity index is 1.73. The summed E-state index contributed by atoms with van der Waals surface area (Å²) in [6.45, 7) is 4.93. The Hall–Kier alpha value is -3.12. The number of anilines is 1. The van der Waals surface area contributed by atoms with E-state index in [0.29, 0.717) is 19.5 Å². The molecule has 0 bridgehead atoms. The second kappa shape index (κ2) is 10.2. The minimum atomic E-state index is 0.0516. The van der Waals surface area contributed by atoms with Gasteiger partial charge in [0, 0.05) is 68.5 Å². The van der Waals surface area contributed by atoms with Crippen LogP contribution >= 0.6 is 11.6 Å². The van der Waals surface area contributed by atoms with Crippen molar-refractivity contribution >= 4 is 23.4 Å². The lowest BCUT2D eigenvalue weighted by Gasteiger charge is -2.37. The lowest BCUT2D eigenvalue weighted by Crippen LogP contribution is -2.52. The second-order valence-corrected chi connectivity index (χ2v) is 8.91. The van der Waals surface area contributed by atoms with Crippen molar-refractivity contribution in [2.75, 3.05) is 45.2 Å². The number of hydrogen-bond acceptors (Lipinski definition) is 4. The molecule has 1 saturated heterocycles. The molecule has 0 atom stereocenters. The van der Waals surface area contributed by atoms with E-state index in [2.05, 4.69) is 17.9 Å². The van der Waals surface area contributed by atoms with Gasteiger partial charge in [-0.1, -0.05) is 61.0 Å². The Bertz CT molecular complexity index is 1110. The lowest BCUT2D eigenvalue weighted by atomic mass is 10.0. The standard InChI is InChI=1S/C26H30ClN5O/c1-4-23-22(18-19-9-8-12-21(27)17-19)25(29-24(28-23)20-10-6-5-7-11-20)31-13-15-32(16-14-31)26(33)30(2)3/h5-12,17H,4,13-16,18H2,1-3H3. The second-order valence-electron chi connectivity index (χ2n) is 8.47. The van der Waals surface area contributed by atoms with Gasteiger partial charge in [0.25, 0.3) is 0 Å². The van der Waals surface area contributed by atoms with Gasteiger partial charge in [0.15, 0.2) is 5.82 Å². The number of carbonyl (C=O) groups is 1. The highest BCUT2D eigenvalue weighted by Crippen LogP contribution is 2.29. The van der Waals surface area contributed by atoms with Gasteiger partial charge in [0.2, 0.25) is 0 Å². The molecule has 1 fully saturated rings. The summed E-state index contributed by atoms with van der Waals surface area (Å²) in [5.41, 5.74) is 4.32. The number of aromatic nitrogens is 2. The molecule has 3 aromatic rings. The van der Waals surface area contributed by atoms with Gasteiger partial charge in [-0.15, -0.1) is 0 Å². The number of hydrogen-bond donors (Lipinski definition) is 0. The van der Waals surface area contributed by atoms with Crippen LogP contribution in [0.5, 0.6) is 0 Å². The molecule has 6 nitrogen and oxygen atoms in total. The average Bonchev–Trinajstić information content (AvgIpc) is 2.84. The van der Waals surface area contributed by atoms with Crippen LogP contribution in [0, 0.1) is 0 Å². The van der Waals surface area contributed by atoms with Gasteiger partial charge in [-0.25, -0.2) is 14.8 Å². The van der Waals surface area contributed by atoms with Crippen molar-refractivity contribution in [1.82, 2.24) is 19.8 Å². The first-order valence-corrected chi connectivity index (χ1v) is 11.7. The number of aryl methyl sites for hydroxylation is 1. The summed E-state index contributed by atoms with van der Waals surface area (Å²) in [7, 11) is 3.59. The minimum Gasteiger partial charge on any atom is -0.353 e. The van der Waals surface area contributed by atoms with Gasteiger partial charge in [0.05, 0.1) is 0 Å². The van der Waals surface area contributed by atoms with Crippen LogP contribution in [0.2, 0.25) is 5.02 Å². The summed E-state index contributed by atoms with van der Waals surface area (Å²) in [6, 6.07) is 18.1. The first-order valence-electron chi connectivity index (χ1n) is 11.4. The third-order valence-electron chi connectivity index (χ3n) is 5.94. The maximum Gasteiger partial charge on any atom is 0.319 e. The predicted molar refractivity (Wildman–Crippen MR) is 134 cm³/mol. The Morgan fingerprint density at radius 1 is 1.00 bits per heavy atom. The van der Waals surface area contributed by atoms with Crippen molar-refractivity contribution < 1.29 is 4.79 Å². The van der Waals surface area contributed by atoms with E-state index in [1.807, 2.05) is 53.4 Å². The normalized spacial score (nSPS) is 13.8. The van der Waals surface area contributed by atoms with Gasteiger partial charge >= 0.3 is 6.03 Å². The highest BCUT2D eigenvalue weighted by atomic mass is 35.5. The van der Waals surface area contributed by atoms with Crippen LogP contribution in [0.1, 0.15) is 23.7 Å². The van der Waals surface area contributed by atoms with Crippen LogP contribution in [0.3, 0.4) is 0 Å². The smallest absolute Gasteiger partial charge is 0.319 e. The van der Waals surface area contributed by atoms with Crippen molar-refractivity contribution in [2.24, 2.45) is 0 Å². The van der Waals surface area contributed by atoms with E-state index >= 15 is 0 Å². The van der Waals surface area contributed by atoms with Crippen LogP contribution in [-0.2, 0) is 12.8 Å². The zero-order valence-corrected chi connectivity index (χ0v) is 20.2. The van der Waals surface area contributed by atoms with E-state index in [1.54, 1.807) is 19.0 Å². The molecule has 172 valence electrons. The molecule has 0 unspecified atom stereocenters. The molecule has 2 aromatic carbocycles. The number of urea groups is 1. The summed E-state index contributed by atoms with van der Waals surface area (Å²) in [4.78, 5) is 28.3. The number of halogens is 1. The maximum absolute atomic E-state index is 12.4. The molecule has 0 spiro atoms. The summed E-state index contributed by atoms with van der Waals surface area (Å²) in [5, 5.41) is 0.727. The van der Waals surface area contributed by atoms with E-state index in [-0.39, 0.29) is 6.03 Å². The number of amides is 2. The van der Waals surface area contributed by atoms with Gasteiger partial charge in [-0.2, -0.15) is 0 Å². The Morgan fingerprint density at radius 2 is 1.73 bits per heavy atom. The largest absolute Gasteiger partial charge is 0.353 e. The molecule has 0 aliphatic carbocycles. The third-order valence-corrected chi connectivity index (χ3v) is 6.18. The Labute approximate surface area is 200 Å². The molecule has 33 heavy (non-hydrogen) atoms. The molecular formula is C26H30ClN5O. The van der Waals surface area contributed by atoms with E-state index in [1.165, 1.54) is 0 Å². The van der Waals surface area contributed by atoms with E-state index in [0.717, 1.165) is 58.6 Å². The van der Waals surface area contributed by atoms with Crippen molar-refractivity contribution in [1.29, 1.82) is 0 Å². The number of nitrogens with zero attached hydrogens (tertiary/aromatic N) is 5. The lowest BCUT2D eigenvalue weighted by molar-refractivity contribution is 0.168. The summed E-state index contributed by atoms with van der Waals surface area (Å²) in [6.07, 6.45) is 1.52. The zero-order valence-electron chi connectivity index (χ0n) is 19.5. The van der Waals surface area contributed by atoms with Gasteiger partial charge in [0.1, 0.15) is 5.82 Å². The molecule has 7 heteroatoms. The fraction of sp³-hybridized carbons (Fsp3) is 0.346. The SMILES string of the molecule is CCc1nc(-c2ccccc2)nc(N2CCN(C(=O)N(C)C)CC2)c1Cc1cccc(Cl)c1. The fourth-order valence-electron chi connectivity index (χ4n) is 4.21. The molecule has 1 aliphatic heterocycles. The topological polar surface area (TPSA) is 52.6 Å². The summed E-state index contributed by atoms with van der Waals surface area (Å²) in [5.74, 6) is 1.70. The minimum absolute atomic E-state index is 0.0516. The first-order chi connectivity index (χ1) is 16.0. The van der Waals surface area contributed by atoms with Crippen molar-refractivity contribution in [3.05, 3.63) is 76.4 Å². The Morgan fingerprint density at radius 3 is 2.36 bits per heavy atom.